The lowest BCUT2D eigenvalue weighted by molar-refractivity contribution is -0.119. The van der Waals surface area contributed by atoms with Gasteiger partial charge in [0, 0.05) is 27.8 Å². The number of carbonyl (C=O) groups is 1. The standard InChI is InChI=1S/C19H17ClN2OS/c1-12-2-7-17-16(10-12)19-13(8-9-24-17)11-18(23)22(21-19)15-5-3-14(20)4-6-15/h2-7,10,13H,8-9,11H2,1H3. The molecule has 0 spiro atoms. The van der Waals surface area contributed by atoms with Crippen molar-refractivity contribution in [3.8, 4) is 0 Å². The maximum absolute atomic E-state index is 12.6. The third-order valence-corrected chi connectivity index (χ3v) is 5.82. The Balaban J connectivity index is 1.82. The fraction of sp³-hybridized carbons (Fsp3) is 0.263. The number of aryl methyl sites for hydroxylation is 1. The van der Waals surface area contributed by atoms with Crippen LogP contribution in [0.2, 0.25) is 5.02 Å². The fourth-order valence-electron chi connectivity index (χ4n) is 3.22. The number of fused-ring (bicyclic) bond motifs is 3. The van der Waals surface area contributed by atoms with Gasteiger partial charge in [0.2, 0.25) is 5.91 Å². The molecule has 1 unspecified atom stereocenters. The van der Waals surface area contributed by atoms with Crippen molar-refractivity contribution in [2.45, 2.75) is 24.7 Å². The van der Waals surface area contributed by atoms with Crippen LogP contribution in [0, 0.1) is 12.8 Å². The first kappa shape index (κ1) is 15.7. The summed E-state index contributed by atoms with van der Waals surface area (Å²) < 4.78 is 0. The van der Waals surface area contributed by atoms with E-state index in [0.29, 0.717) is 11.4 Å². The van der Waals surface area contributed by atoms with Crippen molar-refractivity contribution in [3.63, 3.8) is 0 Å². The Bertz CT molecular complexity index is 832. The van der Waals surface area contributed by atoms with Crippen LogP contribution in [0.15, 0.2) is 52.5 Å². The Kier molecular flexibility index (Phi) is 4.10. The van der Waals surface area contributed by atoms with Crippen molar-refractivity contribution in [2.75, 3.05) is 10.8 Å². The van der Waals surface area contributed by atoms with E-state index in [4.69, 9.17) is 16.7 Å². The predicted molar refractivity (Wildman–Crippen MR) is 100 cm³/mol. The Morgan fingerprint density at radius 1 is 1.21 bits per heavy atom. The van der Waals surface area contributed by atoms with Gasteiger partial charge in [0.15, 0.2) is 0 Å². The molecule has 2 aromatic carbocycles. The number of amides is 1. The Morgan fingerprint density at radius 2 is 2.00 bits per heavy atom. The number of thioether (sulfide) groups is 1. The number of anilines is 1. The normalized spacial score (nSPS) is 20.1. The molecule has 0 saturated heterocycles. The first-order valence-electron chi connectivity index (χ1n) is 8.02. The second-order valence-corrected chi connectivity index (χ2v) is 7.78. The number of carbonyl (C=O) groups excluding carboxylic acids is 1. The molecule has 0 N–H and O–H groups in total. The minimum absolute atomic E-state index is 0.0483. The van der Waals surface area contributed by atoms with Crippen LogP contribution in [0.1, 0.15) is 24.0 Å². The van der Waals surface area contributed by atoms with Crippen LogP contribution >= 0.6 is 23.4 Å². The number of hydrogen-bond acceptors (Lipinski definition) is 3. The summed E-state index contributed by atoms with van der Waals surface area (Å²) >= 11 is 7.82. The molecule has 2 aromatic rings. The Labute approximate surface area is 150 Å². The lowest BCUT2D eigenvalue weighted by Crippen LogP contribution is -2.37. The van der Waals surface area contributed by atoms with Crippen molar-refractivity contribution < 1.29 is 4.79 Å². The molecule has 0 aliphatic carbocycles. The molecule has 1 atom stereocenters. The van der Waals surface area contributed by atoms with Crippen LogP contribution in [0.25, 0.3) is 0 Å². The van der Waals surface area contributed by atoms with Gasteiger partial charge >= 0.3 is 0 Å². The van der Waals surface area contributed by atoms with Gasteiger partial charge in [0.1, 0.15) is 0 Å². The summed E-state index contributed by atoms with van der Waals surface area (Å²) in [6.45, 7) is 2.09. The van der Waals surface area contributed by atoms with E-state index < -0.39 is 0 Å². The molecule has 0 aromatic heterocycles. The quantitative estimate of drug-likeness (QED) is 0.727. The molecular formula is C19H17ClN2OS. The first-order chi connectivity index (χ1) is 11.6. The Hall–Kier alpha value is -1.78. The van der Waals surface area contributed by atoms with Gasteiger partial charge < -0.3 is 0 Å². The van der Waals surface area contributed by atoms with Crippen molar-refractivity contribution in [3.05, 3.63) is 58.6 Å². The number of hydrazone groups is 1. The summed E-state index contributed by atoms with van der Waals surface area (Å²) in [6, 6.07) is 13.8. The molecule has 2 aliphatic heterocycles. The highest BCUT2D eigenvalue weighted by Gasteiger charge is 2.33. The SMILES string of the molecule is Cc1ccc2c(c1)C1=NN(c3ccc(Cl)cc3)C(=O)CC1CCS2. The van der Waals surface area contributed by atoms with E-state index in [1.165, 1.54) is 21.0 Å². The van der Waals surface area contributed by atoms with Gasteiger partial charge in [-0.15, -0.1) is 11.8 Å². The summed E-state index contributed by atoms with van der Waals surface area (Å²) in [5.74, 6) is 1.28. The number of benzene rings is 2. The summed E-state index contributed by atoms with van der Waals surface area (Å²) in [4.78, 5) is 13.9. The topological polar surface area (TPSA) is 32.7 Å². The van der Waals surface area contributed by atoms with E-state index in [1.807, 2.05) is 23.9 Å². The first-order valence-corrected chi connectivity index (χ1v) is 9.39. The monoisotopic (exact) mass is 356 g/mol. The van der Waals surface area contributed by atoms with Crippen molar-refractivity contribution in [1.82, 2.24) is 0 Å². The van der Waals surface area contributed by atoms with Crippen LogP contribution in [-0.2, 0) is 4.79 Å². The van der Waals surface area contributed by atoms with Crippen molar-refractivity contribution >= 4 is 40.7 Å². The van der Waals surface area contributed by atoms with E-state index in [-0.39, 0.29) is 11.8 Å². The molecule has 24 heavy (non-hydrogen) atoms. The molecule has 122 valence electrons. The third kappa shape index (κ3) is 2.85. The molecular weight excluding hydrogens is 340 g/mol. The highest BCUT2D eigenvalue weighted by molar-refractivity contribution is 7.99. The molecule has 0 bridgehead atoms. The smallest absolute Gasteiger partial charge is 0.248 e. The maximum Gasteiger partial charge on any atom is 0.248 e. The van der Waals surface area contributed by atoms with Crippen molar-refractivity contribution in [2.24, 2.45) is 11.0 Å². The number of hydrogen-bond donors (Lipinski definition) is 0. The zero-order valence-corrected chi connectivity index (χ0v) is 14.9. The lowest BCUT2D eigenvalue weighted by Gasteiger charge is -2.29. The van der Waals surface area contributed by atoms with Crippen LogP contribution < -0.4 is 5.01 Å². The zero-order valence-electron chi connectivity index (χ0n) is 13.3. The third-order valence-electron chi connectivity index (χ3n) is 4.46. The maximum atomic E-state index is 12.6. The largest absolute Gasteiger partial charge is 0.273 e. The number of nitrogens with zero attached hydrogens (tertiary/aromatic N) is 2. The number of rotatable bonds is 1. The van der Waals surface area contributed by atoms with Gasteiger partial charge in [-0.2, -0.15) is 5.10 Å². The second-order valence-electron chi connectivity index (χ2n) is 6.20. The van der Waals surface area contributed by atoms with Crippen LogP contribution in [0.4, 0.5) is 5.69 Å². The molecule has 2 aliphatic rings. The molecule has 3 nitrogen and oxygen atoms in total. The van der Waals surface area contributed by atoms with Gasteiger partial charge in [0.25, 0.3) is 0 Å². The van der Waals surface area contributed by atoms with Gasteiger partial charge in [0.05, 0.1) is 11.4 Å². The molecule has 5 heteroatoms. The number of halogens is 1. The fourth-order valence-corrected chi connectivity index (χ4v) is 4.45. The zero-order chi connectivity index (χ0) is 16.7. The van der Waals surface area contributed by atoms with E-state index in [9.17, 15) is 4.79 Å². The summed E-state index contributed by atoms with van der Waals surface area (Å²) in [6.07, 6.45) is 1.49. The molecule has 1 amide bonds. The van der Waals surface area contributed by atoms with Gasteiger partial charge in [-0.25, -0.2) is 5.01 Å². The summed E-state index contributed by atoms with van der Waals surface area (Å²) in [7, 11) is 0. The summed E-state index contributed by atoms with van der Waals surface area (Å²) in [5, 5.41) is 6.96. The molecule has 4 rings (SSSR count). The average molecular weight is 357 g/mol. The van der Waals surface area contributed by atoms with Gasteiger partial charge in [-0.3, -0.25) is 4.79 Å². The highest BCUT2D eigenvalue weighted by atomic mass is 35.5. The van der Waals surface area contributed by atoms with E-state index in [1.54, 1.807) is 12.1 Å². The van der Waals surface area contributed by atoms with Gasteiger partial charge in [-0.1, -0.05) is 23.2 Å². The van der Waals surface area contributed by atoms with Crippen molar-refractivity contribution in [1.29, 1.82) is 0 Å². The average Bonchev–Trinajstić information content (AvgIpc) is 2.74. The minimum atomic E-state index is 0.0483. The lowest BCUT2D eigenvalue weighted by atomic mass is 9.89. The molecule has 0 radical (unpaired) electrons. The van der Waals surface area contributed by atoms with Crippen LogP contribution in [0.3, 0.4) is 0 Å². The molecule has 0 fully saturated rings. The summed E-state index contributed by atoms with van der Waals surface area (Å²) in [5.41, 5.74) is 4.19. The molecule has 2 heterocycles. The predicted octanol–water partition coefficient (Wildman–Crippen LogP) is 4.90. The van der Waals surface area contributed by atoms with E-state index >= 15 is 0 Å². The van der Waals surface area contributed by atoms with Gasteiger partial charge in [-0.05, 0) is 55.5 Å². The Morgan fingerprint density at radius 3 is 2.79 bits per heavy atom. The van der Waals surface area contributed by atoms with Crippen LogP contribution in [-0.4, -0.2) is 17.4 Å². The molecule has 0 saturated carbocycles. The van der Waals surface area contributed by atoms with Crippen LogP contribution in [0.5, 0.6) is 0 Å². The minimum Gasteiger partial charge on any atom is -0.273 e. The highest BCUT2D eigenvalue weighted by Crippen LogP contribution is 2.37. The van der Waals surface area contributed by atoms with E-state index in [2.05, 4.69) is 25.1 Å². The van der Waals surface area contributed by atoms with E-state index in [0.717, 1.165) is 23.6 Å². The second kappa shape index (κ2) is 6.26.